The highest BCUT2D eigenvalue weighted by Gasteiger charge is 2.22. The van der Waals surface area contributed by atoms with Gasteiger partial charge in [-0.15, -0.1) is 0 Å². The van der Waals surface area contributed by atoms with E-state index < -0.39 is 0 Å². The number of para-hydroxylation sites is 1. The Bertz CT molecular complexity index is 821. The fraction of sp³-hybridized carbons (Fsp3) is 0.200. The Morgan fingerprint density at radius 1 is 1.38 bits per heavy atom. The van der Waals surface area contributed by atoms with Crippen LogP contribution >= 0.6 is 22.9 Å². The lowest BCUT2D eigenvalue weighted by atomic mass is 10.1. The Kier molecular flexibility index (Phi) is 4.77. The summed E-state index contributed by atoms with van der Waals surface area (Å²) < 4.78 is 5.64. The molecule has 2 amide bonds. The number of thiazole rings is 1. The van der Waals surface area contributed by atoms with Gasteiger partial charge >= 0.3 is 0 Å². The summed E-state index contributed by atoms with van der Waals surface area (Å²) in [6.45, 7) is 0. The van der Waals surface area contributed by atoms with E-state index in [1.807, 2.05) is 6.07 Å². The summed E-state index contributed by atoms with van der Waals surface area (Å²) in [5, 5.41) is 9.15. The highest BCUT2D eigenvalue weighted by molar-refractivity contribution is 7.17. The second-order valence-electron chi connectivity index (χ2n) is 4.94. The minimum atomic E-state index is -0.381. The number of hydrogen-bond acceptors (Lipinski definition) is 6. The third-order valence-corrected chi connectivity index (χ3v) is 4.32. The van der Waals surface area contributed by atoms with E-state index in [1.54, 1.807) is 18.2 Å². The number of aromatic nitrogens is 1. The smallest absolute Gasteiger partial charge is 0.273 e. The SMILES string of the molecule is CN1N=C(C(=O)Nc2ncc(Oc3ccccc3Cl)s2)CCC1=O. The summed E-state index contributed by atoms with van der Waals surface area (Å²) in [6, 6.07) is 7.08. The third-order valence-electron chi connectivity index (χ3n) is 3.22. The van der Waals surface area contributed by atoms with E-state index in [9.17, 15) is 9.59 Å². The van der Waals surface area contributed by atoms with E-state index in [-0.39, 0.29) is 18.2 Å². The number of amides is 2. The van der Waals surface area contributed by atoms with Gasteiger partial charge in [-0.2, -0.15) is 5.10 Å². The molecule has 1 aromatic heterocycles. The molecule has 124 valence electrons. The zero-order valence-corrected chi connectivity index (χ0v) is 14.2. The topological polar surface area (TPSA) is 83.9 Å². The van der Waals surface area contributed by atoms with Crippen molar-refractivity contribution in [2.24, 2.45) is 5.10 Å². The van der Waals surface area contributed by atoms with Gasteiger partial charge in [0.05, 0.1) is 11.2 Å². The molecule has 0 fully saturated rings. The molecule has 0 radical (unpaired) electrons. The van der Waals surface area contributed by atoms with Crippen molar-refractivity contribution in [2.75, 3.05) is 12.4 Å². The van der Waals surface area contributed by atoms with Gasteiger partial charge in [0, 0.05) is 19.9 Å². The van der Waals surface area contributed by atoms with Gasteiger partial charge in [0.25, 0.3) is 5.91 Å². The molecule has 24 heavy (non-hydrogen) atoms. The van der Waals surface area contributed by atoms with E-state index in [4.69, 9.17) is 16.3 Å². The molecule has 0 atom stereocenters. The van der Waals surface area contributed by atoms with Crippen LogP contribution in [0.2, 0.25) is 5.02 Å². The molecule has 1 N–H and O–H groups in total. The van der Waals surface area contributed by atoms with Gasteiger partial charge < -0.3 is 4.74 Å². The van der Waals surface area contributed by atoms with Gasteiger partial charge in [-0.1, -0.05) is 35.1 Å². The first kappa shape index (κ1) is 16.4. The van der Waals surface area contributed by atoms with Gasteiger partial charge in [0.1, 0.15) is 11.5 Å². The Morgan fingerprint density at radius 2 is 2.17 bits per heavy atom. The molecular formula is C15H13ClN4O3S. The van der Waals surface area contributed by atoms with Crippen LogP contribution in [0, 0.1) is 0 Å². The molecule has 1 aromatic carbocycles. The van der Waals surface area contributed by atoms with Crippen LogP contribution in [0.15, 0.2) is 35.6 Å². The molecule has 2 heterocycles. The van der Waals surface area contributed by atoms with Gasteiger partial charge in [0.15, 0.2) is 5.13 Å². The first-order valence-electron chi connectivity index (χ1n) is 7.06. The van der Waals surface area contributed by atoms with E-state index in [1.165, 1.54) is 29.6 Å². The molecule has 0 saturated heterocycles. The molecule has 1 aliphatic rings. The maximum Gasteiger partial charge on any atom is 0.273 e. The predicted octanol–water partition coefficient (Wildman–Crippen LogP) is 3.14. The van der Waals surface area contributed by atoms with Crippen LogP contribution in [0.3, 0.4) is 0 Å². The highest BCUT2D eigenvalue weighted by atomic mass is 35.5. The van der Waals surface area contributed by atoms with Crippen LogP contribution in [-0.4, -0.2) is 34.6 Å². The molecule has 0 bridgehead atoms. The Morgan fingerprint density at radius 3 is 2.92 bits per heavy atom. The number of anilines is 1. The van der Waals surface area contributed by atoms with Gasteiger partial charge in [0.2, 0.25) is 11.0 Å². The van der Waals surface area contributed by atoms with Crippen LogP contribution in [-0.2, 0) is 9.59 Å². The number of nitrogens with one attached hydrogen (secondary N) is 1. The molecule has 0 unspecified atom stereocenters. The fourth-order valence-electron chi connectivity index (χ4n) is 2.00. The molecule has 7 nitrogen and oxygen atoms in total. The molecule has 9 heteroatoms. The number of rotatable bonds is 4. The van der Waals surface area contributed by atoms with Crippen LogP contribution in [0.1, 0.15) is 12.8 Å². The van der Waals surface area contributed by atoms with E-state index in [0.29, 0.717) is 33.1 Å². The number of hydrazone groups is 1. The molecular weight excluding hydrogens is 352 g/mol. The molecule has 1 aliphatic heterocycles. The van der Waals surface area contributed by atoms with Crippen molar-refractivity contribution in [1.82, 2.24) is 9.99 Å². The lowest BCUT2D eigenvalue weighted by Crippen LogP contribution is -2.34. The van der Waals surface area contributed by atoms with Crippen molar-refractivity contribution in [3.63, 3.8) is 0 Å². The second-order valence-corrected chi connectivity index (χ2v) is 6.34. The molecule has 0 saturated carbocycles. The largest absolute Gasteiger partial charge is 0.443 e. The van der Waals surface area contributed by atoms with Crippen molar-refractivity contribution in [1.29, 1.82) is 0 Å². The zero-order valence-electron chi connectivity index (χ0n) is 12.7. The third kappa shape index (κ3) is 3.72. The standard InChI is InChI=1S/C15H13ClN4O3S/c1-20-12(21)7-6-10(19-20)14(22)18-15-17-8-13(24-15)23-11-5-3-2-4-9(11)16/h2-5,8H,6-7H2,1H3,(H,17,18,22). The van der Waals surface area contributed by atoms with Crippen molar-refractivity contribution >= 4 is 45.6 Å². The highest BCUT2D eigenvalue weighted by Crippen LogP contribution is 2.33. The lowest BCUT2D eigenvalue weighted by Gasteiger charge is -2.18. The minimum Gasteiger partial charge on any atom is -0.443 e. The number of ether oxygens (including phenoxy) is 1. The van der Waals surface area contributed by atoms with Crippen LogP contribution in [0.25, 0.3) is 0 Å². The summed E-state index contributed by atoms with van der Waals surface area (Å²) in [7, 11) is 1.52. The first-order valence-corrected chi connectivity index (χ1v) is 8.26. The molecule has 3 rings (SSSR count). The van der Waals surface area contributed by atoms with E-state index in [2.05, 4.69) is 15.4 Å². The summed E-state index contributed by atoms with van der Waals surface area (Å²) >= 11 is 7.20. The fourth-order valence-corrected chi connectivity index (χ4v) is 2.85. The Hall–Kier alpha value is -2.45. The second kappa shape index (κ2) is 6.98. The summed E-state index contributed by atoms with van der Waals surface area (Å²) in [5.74, 6) is 0.0155. The summed E-state index contributed by atoms with van der Waals surface area (Å²) in [5.41, 5.74) is 0.292. The number of nitrogens with zero attached hydrogens (tertiary/aromatic N) is 3. The zero-order chi connectivity index (χ0) is 17.1. The van der Waals surface area contributed by atoms with Crippen LogP contribution in [0.4, 0.5) is 5.13 Å². The normalized spacial score (nSPS) is 14.3. The Labute approximate surface area is 146 Å². The first-order chi connectivity index (χ1) is 11.5. The van der Waals surface area contributed by atoms with Gasteiger partial charge in [-0.05, 0) is 12.1 Å². The number of hydrogen-bond donors (Lipinski definition) is 1. The van der Waals surface area contributed by atoms with Gasteiger partial charge in [-0.3, -0.25) is 14.9 Å². The number of carbonyl (C=O) groups is 2. The molecule has 0 aliphatic carbocycles. The average Bonchev–Trinajstić information content (AvgIpc) is 2.99. The van der Waals surface area contributed by atoms with Crippen molar-refractivity contribution in [3.05, 3.63) is 35.5 Å². The Balaban J connectivity index is 1.66. The molecule has 2 aromatic rings. The van der Waals surface area contributed by atoms with E-state index in [0.717, 1.165) is 0 Å². The monoisotopic (exact) mass is 364 g/mol. The number of carbonyl (C=O) groups excluding carboxylic acids is 2. The van der Waals surface area contributed by atoms with Crippen molar-refractivity contribution < 1.29 is 14.3 Å². The average molecular weight is 365 g/mol. The summed E-state index contributed by atoms with van der Waals surface area (Å²) in [6.07, 6.45) is 2.08. The molecule has 0 spiro atoms. The quantitative estimate of drug-likeness (QED) is 0.903. The van der Waals surface area contributed by atoms with Crippen molar-refractivity contribution in [2.45, 2.75) is 12.8 Å². The van der Waals surface area contributed by atoms with E-state index >= 15 is 0 Å². The maximum absolute atomic E-state index is 12.2. The summed E-state index contributed by atoms with van der Waals surface area (Å²) in [4.78, 5) is 27.6. The van der Waals surface area contributed by atoms with Crippen LogP contribution in [0.5, 0.6) is 10.8 Å². The van der Waals surface area contributed by atoms with Crippen molar-refractivity contribution in [3.8, 4) is 10.8 Å². The number of benzene rings is 1. The van der Waals surface area contributed by atoms with Crippen LogP contribution < -0.4 is 10.1 Å². The van der Waals surface area contributed by atoms with Gasteiger partial charge in [-0.25, -0.2) is 9.99 Å². The lowest BCUT2D eigenvalue weighted by molar-refractivity contribution is -0.130. The number of halogens is 1. The minimum absolute atomic E-state index is 0.115. The predicted molar refractivity (Wildman–Crippen MR) is 91.7 cm³/mol. The maximum atomic E-state index is 12.2.